The van der Waals surface area contributed by atoms with Crippen LogP contribution in [-0.2, 0) is 14.3 Å². The van der Waals surface area contributed by atoms with Gasteiger partial charge in [-0.15, -0.1) is 0 Å². The van der Waals surface area contributed by atoms with Crippen molar-refractivity contribution >= 4 is 11.9 Å². The molecule has 5 nitrogen and oxygen atoms in total. The molecular formula is C42H86O5. The van der Waals surface area contributed by atoms with Gasteiger partial charge in [0.1, 0.15) is 0 Å². The van der Waals surface area contributed by atoms with E-state index in [4.69, 9.17) is 19.7 Å². The summed E-state index contributed by atoms with van der Waals surface area (Å²) in [5, 5.41) is 15.8. The molecule has 2 N–H and O–H groups in total. The number of unbranched alkanes of at least 4 members (excludes halogenated alkanes) is 30. The Bertz CT molecular complexity index is 535. The van der Waals surface area contributed by atoms with Crippen molar-refractivity contribution < 1.29 is 24.5 Å². The summed E-state index contributed by atoms with van der Waals surface area (Å²) in [5.41, 5.74) is 0. The van der Waals surface area contributed by atoms with E-state index in [1.54, 1.807) is 0 Å². The number of rotatable bonds is 36. The summed E-state index contributed by atoms with van der Waals surface area (Å²) in [6.45, 7) is 9.89. The Morgan fingerprint density at radius 1 is 0.362 bits per heavy atom. The van der Waals surface area contributed by atoms with E-state index in [-0.39, 0.29) is 0 Å². The first-order chi connectivity index (χ1) is 22.9. The van der Waals surface area contributed by atoms with E-state index >= 15 is 0 Å². The highest BCUT2D eigenvalue weighted by molar-refractivity contribution is 5.66. The fourth-order valence-electron chi connectivity index (χ4n) is 5.78. The maximum Gasteiger partial charge on any atom is 0.303 e. The van der Waals surface area contributed by atoms with Gasteiger partial charge < -0.3 is 14.9 Å². The third kappa shape index (κ3) is 64.1. The predicted molar refractivity (Wildman–Crippen MR) is 206 cm³/mol. The van der Waals surface area contributed by atoms with Gasteiger partial charge in [0, 0.05) is 26.6 Å². The number of carboxylic acids is 2. The normalized spacial score (nSPS) is 10.6. The van der Waals surface area contributed by atoms with Gasteiger partial charge in [-0.3, -0.25) is 9.59 Å². The molecule has 0 aliphatic carbocycles. The summed E-state index contributed by atoms with van der Waals surface area (Å²) in [7, 11) is 0. The molecule has 0 aliphatic heterocycles. The van der Waals surface area contributed by atoms with Crippen molar-refractivity contribution in [1.82, 2.24) is 0 Å². The zero-order chi connectivity index (χ0) is 35.3. The van der Waals surface area contributed by atoms with Crippen molar-refractivity contribution in [2.24, 2.45) is 0 Å². The first-order valence-electron chi connectivity index (χ1n) is 20.9. The summed E-state index contributed by atoms with van der Waals surface area (Å²) >= 11 is 0. The second kappa shape index (κ2) is 49.3. The maximum atomic E-state index is 10.2. The molecule has 0 spiro atoms. The third-order valence-electron chi connectivity index (χ3n) is 8.78. The van der Waals surface area contributed by atoms with Crippen molar-refractivity contribution in [1.29, 1.82) is 0 Å². The maximum absolute atomic E-state index is 10.2. The number of aliphatic carboxylic acids is 2. The molecule has 0 amide bonds. The quantitative estimate of drug-likeness (QED) is 0.0648. The van der Waals surface area contributed by atoms with Gasteiger partial charge in [0.25, 0.3) is 5.97 Å². The second-order valence-corrected chi connectivity index (χ2v) is 13.9. The van der Waals surface area contributed by atoms with Gasteiger partial charge in [0.2, 0.25) is 0 Å². The average molecular weight is 671 g/mol. The molecule has 47 heavy (non-hydrogen) atoms. The van der Waals surface area contributed by atoms with E-state index in [0.717, 1.165) is 33.0 Å². The fourth-order valence-corrected chi connectivity index (χ4v) is 5.78. The van der Waals surface area contributed by atoms with E-state index in [9.17, 15) is 4.79 Å². The lowest BCUT2D eigenvalue weighted by atomic mass is 10.1. The van der Waals surface area contributed by atoms with E-state index in [2.05, 4.69) is 20.8 Å². The molecule has 0 heterocycles. The molecule has 0 atom stereocenters. The van der Waals surface area contributed by atoms with Crippen LogP contribution in [0.15, 0.2) is 0 Å². The minimum Gasteiger partial charge on any atom is -0.481 e. The first kappa shape index (κ1) is 50.3. The number of carboxylic acid groups (broad SMARTS) is 2. The van der Waals surface area contributed by atoms with Gasteiger partial charge in [-0.05, 0) is 19.3 Å². The fraction of sp³-hybridized carbons (Fsp3) is 0.952. The highest BCUT2D eigenvalue weighted by Gasteiger charge is 1.97. The summed E-state index contributed by atoms with van der Waals surface area (Å²) in [4.78, 5) is 19.2. The van der Waals surface area contributed by atoms with Gasteiger partial charge in [0.15, 0.2) is 0 Å². The predicted octanol–water partition coefficient (Wildman–Crippen LogP) is 14.5. The van der Waals surface area contributed by atoms with Crippen LogP contribution >= 0.6 is 0 Å². The van der Waals surface area contributed by atoms with Gasteiger partial charge >= 0.3 is 5.97 Å². The minimum absolute atomic E-state index is 0.343. The van der Waals surface area contributed by atoms with E-state index in [1.165, 1.54) is 199 Å². The van der Waals surface area contributed by atoms with Crippen molar-refractivity contribution in [3.63, 3.8) is 0 Å². The van der Waals surface area contributed by atoms with E-state index < -0.39 is 11.9 Å². The molecule has 0 rings (SSSR count). The van der Waals surface area contributed by atoms with Gasteiger partial charge in [-0.1, -0.05) is 213 Å². The Labute approximate surface area is 295 Å². The molecule has 284 valence electrons. The molecule has 5 heteroatoms. The van der Waals surface area contributed by atoms with Crippen LogP contribution in [0.4, 0.5) is 0 Å². The van der Waals surface area contributed by atoms with Crippen molar-refractivity contribution in [3.05, 3.63) is 0 Å². The Hall–Kier alpha value is -1.10. The van der Waals surface area contributed by atoms with E-state index in [0.29, 0.717) is 6.42 Å². The van der Waals surface area contributed by atoms with Gasteiger partial charge in [0.05, 0.1) is 0 Å². The minimum atomic E-state index is -0.833. The van der Waals surface area contributed by atoms with Crippen LogP contribution in [0, 0.1) is 0 Å². The molecule has 0 fully saturated rings. The largest absolute Gasteiger partial charge is 0.481 e. The van der Waals surface area contributed by atoms with Crippen LogP contribution in [0.25, 0.3) is 0 Å². The lowest BCUT2D eigenvalue weighted by Gasteiger charge is -2.05. The lowest BCUT2D eigenvalue weighted by Crippen LogP contribution is -1.97. The number of ether oxygens (including phenoxy) is 1. The Morgan fingerprint density at radius 2 is 0.553 bits per heavy atom. The summed E-state index contributed by atoms with van der Waals surface area (Å²) in [6, 6.07) is 0. The van der Waals surface area contributed by atoms with Gasteiger partial charge in [-0.2, -0.15) is 0 Å². The molecule has 0 unspecified atom stereocenters. The van der Waals surface area contributed by atoms with Crippen LogP contribution in [0.3, 0.4) is 0 Å². The topological polar surface area (TPSA) is 83.8 Å². The molecule has 0 saturated heterocycles. The van der Waals surface area contributed by atoms with Crippen LogP contribution < -0.4 is 0 Å². The summed E-state index contributed by atoms with van der Waals surface area (Å²) in [5.74, 6) is -1.49. The zero-order valence-electron chi connectivity index (χ0n) is 32.6. The first-order valence-corrected chi connectivity index (χ1v) is 20.9. The second-order valence-electron chi connectivity index (χ2n) is 13.9. The van der Waals surface area contributed by atoms with Crippen molar-refractivity contribution in [3.8, 4) is 0 Å². The van der Waals surface area contributed by atoms with Crippen LogP contribution in [0.1, 0.15) is 246 Å². The highest BCUT2D eigenvalue weighted by Crippen LogP contribution is 2.14. The summed E-state index contributed by atoms with van der Waals surface area (Å²) < 4.78 is 5.82. The molecule has 0 radical (unpaired) electrons. The average Bonchev–Trinajstić information content (AvgIpc) is 3.04. The smallest absolute Gasteiger partial charge is 0.303 e. The summed E-state index contributed by atoms with van der Waals surface area (Å²) in [6.07, 6.45) is 45.6. The molecule has 0 bridgehead atoms. The van der Waals surface area contributed by atoms with Crippen molar-refractivity contribution in [2.75, 3.05) is 13.2 Å². The monoisotopic (exact) mass is 671 g/mol. The lowest BCUT2D eigenvalue weighted by molar-refractivity contribution is -0.137. The number of hydrogen-bond acceptors (Lipinski definition) is 3. The Kier molecular flexibility index (Phi) is 52.7. The van der Waals surface area contributed by atoms with Crippen LogP contribution in [-0.4, -0.2) is 35.4 Å². The standard InChI is InChI=1S/C28H58O.C12H24O2.C2H4O2/c1-3-5-7-9-11-13-15-17-19-21-23-25-27-29-28-26-24-22-20-18-16-14-12-10-8-6-4-2;1-2-3-4-5-6-7-8-9-10-11-12(13)14;1-2(3)4/h3-28H2,1-2H3;2-11H2,1H3,(H,13,14);1H3,(H,3,4). The van der Waals surface area contributed by atoms with Gasteiger partial charge in [-0.25, -0.2) is 0 Å². The molecular weight excluding hydrogens is 584 g/mol. The van der Waals surface area contributed by atoms with Crippen LogP contribution in [0.5, 0.6) is 0 Å². The zero-order valence-corrected chi connectivity index (χ0v) is 32.6. The highest BCUT2D eigenvalue weighted by atomic mass is 16.5. The number of hydrogen-bond donors (Lipinski definition) is 2. The SMILES string of the molecule is CC(=O)O.CCCCCCCCCCCC(=O)O.CCCCCCCCCCCCCCOCCCCCCCCCCCCCC. The van der Waals surface area contributed by atoms with Crippen molar-refractivity contribution in [2.45, 2.75) is 246 Å². The number of carbonyl (C=O) groups is 2. The van der Waals surface area contributed by atoms with Crippen LogP contribution in [0.2, 0.25) is 0 Å². The Balaban J connectivity index is -0.000000888. The molecule has 0 aliphatic rings. The molecule has 0 aromatic rings. The molecule has 0 saturated carbocycles. The third-order valence-corrected chi connectivity index (χ3v) is 8.78. The van der Waals surface area contributed by atoms with E-state index in [1.807, 2.05) is 0 Å². The molecule has 0 aromatic carbocycles. The Morgan fingerprint density at radius 3 is 0.766 bits per heavy atom. The molecule has 0 aromatic heterocycles.